The third-order valence-corrected chi connectivity index (χ3v) is 6.22. The highest BCUT2D eigenvalue weighted by molar-refractivity contribution is 6.01. The minimum atomic E-state index is -0.841. The summed E-state index contributed by atoms with van der Waals surface area (Å²) in [4.78, 5) is 52.2. The zero-order chi connectivity index (χ0) is 22.8. The summed E-state index contributed by atoms with van der Waals surface area (Å²) in [5.74, 6) is -1.40. The number of aliphatic carboxylic acids is 1. The van der Waals surface area contributed by atoms with Gasteiger partial charge >= 0.3 is 5.97 Å². The summed E-state index contributed by atoms with van der Waals surface area (Å²) in [5, 5.41) is 11.8. The zero-order valence-corrected chi connectivity index (χ0v) is 17.9. The number of anilines is 1. The van der Waals surface area contributed by atoms with Gasteiger partial charge in [0, 0.05) is 37.8 Å². The molecule has 10 heteroatoms. The minimum absolute atomic E-state index is 0.0607. The van der Waals surface area contributed by atoms with Gasteiger partial charge in [0.25, 0.3) is 0 Å². The van der Waals surface area contributed by atoms with E-state index < -0.39 is 23.8 Å². The van der Waals surface area contributed by atoms with Crippen LogP contribution in [0.3, 0.4) is 0 Å². The number of amides is 3. The van der Waals surface area contributed by atoms with Crippen LogP contribution in [0.4, 0.5) is 5.69 Å². The van der Waals surface area contributed by atoms with E-state index in [1.807, 2.05) is 0 Å². The van der Waals surface area contributed by atoms with Crippen molar-refractivity contribution < 1.29 is 33.8 Å². The maximum absolute atomic E-state index is 12.8. The number of benzene rings is 1. The van der Waals surface area contributed by atoms with Crippen molar-refractivity contribution >= 4 is 29.4 Å². The Bertz CT molecular complexity index is 926. The predicted octanol–water partition coefficient (Wildman–Crippen LogP) is 0.639. The third kappa shape index (κ3) is 4.49. The SMILES string of the molecule is CC(NC(=O)C1CC(=O)N(c2ccc3c(c2)OCCO3)C1)C(=O)N1CCC(C(=O)O)CC1. The lowest BCUT2D eigenvalue weighted by Gasteiger charge is -2.32. The van der Waals surface area contributed by atoms with Crippen LogP contribution in [0.1, 0.15) is 26.2 Å². The number of hydrogen-bond donors (Lipinski definition) is 2. The Labute approximate surface area is 185 Å². The Kier molecular flexibility index (Phi) is 6.20. The lowest BCUT2D eigenvalue weighted by Crippen LogP contribution is -2.51. The van der Waals surface area contributed by atoms with E-state index in [9.17, 15) is 19.2 Å². The highest BCUT2D eigenvalue weighted by atomic mass is 16.6. The van der Waals surface area contributed by atoms with E-state index in [1.54, 1.807) is 34.9 Å². The van der Waals surface area contributed by atoms with Gasteiger partial charge in [-0.05, 0) is 31.9 Å². The second-order valence-electron chi connectivity index (χ2n) is 8.40. The van der Waals surface area contributed by atoms with Crippen LogP contribution < -0.4 is 19.7 Å². The van der Waals surface area contributed by atoms with Crippen LogP contribution in [0.15, 0.2) is 18.2 Å². The number of rotatable bonds is 5. The molecule has 32 heavy (non-hydrogen) atoms. The molecule has 2 saturated heterocycles. The number of piperidine rings is 1. The van der Waals surface area contributed by atoms with Gasteiger partial charge in [0.1, 0.15) is 19.3 Å². The standard InChI is InChI=1S/C22H27N3O7/c1-13(21(28)24-6-4-14(5-7-24)22(29)30)23-20(27)15-10-19(26)25(12-15)16-2-3-17-18(11-16)32-9-8-31-17/h2-3,11,13-15H,4-10,12H2,1H3,(H,23,27)(H,29,30). The predicted molar refractivity (Wildman–Crippen MR) is 112 cm³/mol. The molecule has 3 amide bonds. The molecule has 1 aromatic rings. The molecule has 0 spiro atoms. The number of nitrogens with zero attached hydrogens (tertiary/aromatic N) is 2. The first kappa shape index (κ1) is 21.9. The van der Waals surface area contributed by atoms with Crippen molar-refractivity contribution in [2.24, 2.45) is 11.8 Å². The molecular formula is C22H27N3O7. The molecule has 1 aromatic carbocycles. The normalized spacial score (nSPS) is 21.9. The molecule has 3 aliphatic rings. The summed E-state index contributed by atoms with van der Waals surface area (Å²) in [6.07, 6.45) is 0.873. The number of carbonyl (C=O) groups excluding carboxylic acids is 3. The summed E-state index contributed by atoms with van der Waals surface area (Å²) in [7, 11) is 0. The molecule has 3 heterocycles. The number of hydrogen-bond acceptors (Lipinski definition) is 6. The smallest absolute Gasteiger partial charge is 0.306 e. The Balaban J connectivity index is 1.32. The summed E-state index contributed by atoms with van der Waals surface area (Å²) in [6, 6.07) is 4.50. The maximum atomic E-state index is 12.8. The van der Waals surface area contributed by atoms with Crippen LogP contribution in [-0.2, 0) is 19.2 Å². The van der Waals surface area contributed by atoms with Crippen molar-refractivity contribution in [1.82, 2.24) is 10.2 Å². The van der Waals surface area contributed by atoms with Crippen molar-refractivity contribution in [1.29, 1.82) is 0 Å². The monoisotopic (exact) mass is 445 g/mol. The molecule has 172 valence electrons. The molecule has 2 N–H and O–H groups in total. The number of nitrogens with one attached hydrogen (secondary N) is 1. The fourth-order valence-corrected chi connectivity index (χ4v) is 4.35. The van der Waals surface area contributed by atoms with Gasteiger partial charge in [-0.3, -0.25) is 19.2 Å². The topological polar surface area (TPSA) is 125 Å². The van der Waals surface area contributed by atoms with Gasteiger partial charge in [0.15, 0.2) is 11.5 Å². The van der Waals surface area contributed by atoms with E-state index in [0.717, 1.165) is 0 Å². The first-order chi connectivity index (χ1) is 15.3. The molecule has 2 fully saturated rings. The van der Waals surface area contributed by atoms with Gasteiger partial charge < -0.3 is 29.7 Å². The van der Waals surface area contributed by atoms with Gasteiger partial charge in [0.05, 0.1) is 11.8 Å². The molecule has 4 rings (SSSR count). The summed E-state index contributed by atoms with van der Waals surface area (Å²) < 4.78 is 11.1. The average molecular weight is 445 g/mol. The van der Waals surface area contributed by atoms with E-state index in [1.165, 1.54) is 0 Å². The fourth-order valence-electron chi connectivity index (χ4n) is 4.35. The number of likely N-dealkylation sites (tertiary alicyclic amines) is 1. The lowest BCUT2D eigenvalue weighted by atomic mass is 9.96. The van der Waals surface area contributed by atoms with E-state index >= 15 is 0 Å². The second kappa shape index (κ2) is 9.05. The van der Waals surface area contributed by atoms with Crippen LogP contribution in [0.25, 0.3) is 0 Å². The van der Waals surface area contributed by atoms with Crippen molar-refractivity contribution in [3.05, 3.63) is 18.2 Å². The maximum Gasteiger partial charge on any atom is 0.306 e. The highest BCUT2D eigenvalue weighted by Gasteiger charge is 2.37. The highest BCUT2D eigenvalue weighted by Crippen LogP contribution is 2.36. The van der Waals surface area contributed by atoms with E-state index in [0.29, 0.717) is 56.3 Å². The molecule has 3 aliphatic heterocycles. The van der Waals surface area contributed by atoms with Crippen LogP contribution in [-0.4, -0.2) is 72.6 Å². The number of carboxylic acid groups (broad SMARTS) is 1. The van der Waals surface area contributed by atoms with Gasteiger partial charge in [0.2, 0.25) is 17.7 Å². The summed E-state index contributed by atoms with van der Waals surface area (Å²) >= 11 is 0. The van der Waals surface area contributed by atoms with Gasteiger partial charge in [-0.25, -0.2) is 0 Å². The van der Waals surface area contributed by atoms with E-state index in [4.69, 9.17) is 14.6 Å². The summed E-state index contributed by atoms with van der Waals surface area (Å²) in [6.45, 7) is 3.46. The molecule has 0 radical (unpaired) electrons. The van der Waals surface area contributed by atoms with Gasteiger partial charge in [-0.15, -0.1) is 0 Å². The molecule has 10 nitrogen and oxygen atoms in total. The van der Waals surface area contributed by atoms with Crippen molar-refractivity contribution in [3.63, 3.8) is 0 Å². The van der Waals surface area contributed by atoms with Crippen LogP contribution >= 0.6 is 0 Å². The third-order valence-electron chi connectivity index (χ3n) is 6.22. The van der Waals surface area contributed by atoms with Crippen LogP contribution in [0, 0.1) is 11.8 Å². The second-order valence-corrected chi connectivity index (χ2v) is 8.40. The molecular weight excluding hydrogens is 418 g/mol. The zero-order valence-electron chi connectivity index (χ0n) is 17.9. The number of carboxylic acids is 1. The van der Waals surface area contributed by atoms with Crippen molar-refractivity contribution in [3.8, 4) is 11.5 Å². The van der Waals surface area contributed by atoms with E-state index in [-0.39, 0.29) is 30.7 Å². The molecule has 0 saturated carbocycles. The molecule has 0 aromatic heterocycles. The van der Waals surface area contributed by atoms with Crippen LogP contribution in [0.2, 0.25) is 0 Å². The summed E-state index contributed by atoms with van der Waals surface area (Å²) in [5.41, 5.74) is 0.639. The molecule has 0 aliphatic carbocycles. The van der Waals surface area contributed by atoms with Crippen LogP contribution in [0.5, 0.6) is 11.5 Å². The fraction of sp³-hybridized carbons (Fsp3) is 0.545. The minimum Gasteiger partial charge on any atom is -0.486 e. The quantitative estimate of drug-likeness (QED) is 0.681. The van der Waals surface area contributed by atoms with Gasteiger partial charge in [-0.1, -0.05) is 0 Å². The Morgan fingerprint density at radius 2 is 1.78 bits per heavy atom. The number of ether oxygens (including phenoxy) is 2. The number of fused-ring (bicyclic) bond motifs is 1. The average Bonchev–Trinajstić information content (AvgIpc) is 3.20. The largest absolute Gasteiger partial charge is 0.486 e. The molecule has 2 atom stereocenters. The van der Waals surface area contributed by atoms with E-state index in [2.05, 4.69) is 5.32 Å². The Morgan fingerprint density at radius 3 is 2.47 bits per heavy atom. The Morgan fingerprint density at radius 1 is 1.09 bits per heavy atom. The Hall–Kier alpha value is -3.30. The first-order valence-electron chi connectivity index (χ1n) is 10.9. The van der Waals surface area contributed by atoms with Gasteiger partial charge in [-0.2, -0.15) is 0 Å². The molecule has 0 bridgehead atoms. The van der Waals surface area contributed by atoms with Crippen molar-refractivity contribution in [2.45, 2.75) is 32.2 Å². The lowest BCUT2D eigenvalue weighted by molar-refractivity contribution is -0.146. The number of carbonyl (C=O) groups is 4. The first-order valence-corrected chi connectivity index (χ1v) is 10.9. The molecule has 2 unspecified atom stereocenters. The van der Waals surface area contributed by atoms with Crippen molar-refractivity contribution in [2.75, 3.05) is 37.7 Å².